The smallest absolute Gasteiger partial charge is 0.416 e. The summed E-state index contributed by atoms with van der Waals surface area (Å²) >= 11 is 0. The molecule has 0 radical (unpaired) electrons. The van der Waals surface area contributed by atoms with Gasteiger partial charge in [0.15, 0.2) is 6.79 Å². The van der Waals surface area contributed by atoms with E-state index in [4.69, 9.17) is 9.47 Å². The number of hydrogen-bond acceptors (Lipinski definition) is 7. The van der Waals surface area contributed by atoms with Crippen molar-refractivity contribution in [2.75, 3.05) is 38.9 Å². The second-order valence-electron chi connectivity index (χ2n) is 7.33. The lowest BCUT2D eigenvalue weighted by atomic mass is 10.0. The Balaban J connectivity index is 1.85. The first kappa shape index (κ1) is 22.2. The van der Waals surface area contributed by atoms with Crippen LogP contribution in [0.5, 0.6) is 5.75 Å². The number of likely N-dealkylation sites (tertiary alicyclic amines) is 1. The molecule has 3 rings (SSSR count). The van der Waals surface area contributed by atoms with Gasteiger partial charge in [0.2, 0.25) is 5.95 Å². The lowest BCUT2D eigenvalue weighted by Crippen LogP contribution is -2.40. The van der Waals surface area contributed by atoms with Gasteiger partial charge < -0.3 is 19.7 Å². The van der Waals surface area contributed by atoms with Crippen LogP contribution in [0.2, 0.25) is 0 Å². The van der Waals surface area contributed by atoms with Crippen LogP contribution in [0.25, 0.3) is 11.3 Å². The topological polar surface area (TPSA) is 72.4 Å². The Morgan fingerprint density at radius 3 is 2.70 bits per heavy atom. The molecular formula is C20H26F3N5O2. The molecule has 0 bridgehead atoms. The molecule has 2 heterocycles. The summed E-state index contributed by atoms with van der Waals surface area (Å²) in [4.78, 5) is 6.54. The number of ether oxygens (including phenoxy) is 2. The number of benzene rings is 1. The fraction of sp³-hybridized carbons (Fsp3) is 0.550. The lowest BCUT2D eigenvalue weighted by Gasteiger charge is -2.30. The molecule has 1 atom stereocenters. The molecular weight excluding hydrogens is 399 g/mol. The van der Waals surface area contributed by atoms with Gasteiger partial charge in [-0.2, -0.15) is 13.2 Å². The van der Waals surface area contributed by atoms with E-state index in [1.165, 1.54) is 6.20 Å². The Kier molecular flexibility index (Phi) is 7.09. The molecule has 0 saturated carbocycles. The van der Waals surface area contributed by atoms with E-state index in [9.17, 15) is 13.2 Å². The highest BCUT2D eigenvalue weighted by atomic mass is 19.4. The molecule has 2 aromatic rings. The third kappa shape index (κ3) is 5.57. The maximum absolute atomic E-state index is 13.2. The van der Waals surface area contributed by atoms with Crippen molar-refractivity contribution in [3.63, 3.8) is 0 Å². The SMILES string of the molecule is CCOCOc1cc(C(F)(F)F)cc(C)c1-c1cnc(NC2CCCN(C)C2)nn1. The first-order valence-electron chi connectivity index (χ1n) is 9.85. The molecule has 1 N–H and O–H groups in total. The monoisotopic (exact) mass is 425 g/mol. The van der Waals surface area contributed by atoms with Crippen LogP contribution in [-0.2, 0) is 10.9 Å². The van der Waals surface area contributed by atoms with Crippen molar-refractivity contribution in [3.05, 3.63) is 29.5 Å². The van der Waals surface area contributed by atoms with Gasteiger partial charge in [-0.25, -0.2) is 4.98 Å². The number of anilines is 1. The number of hydrogen-bond donors (Lipinski definition) is 1. The summed E-state index contributed by atoms with van der Waals surface area (Å²) in [7, 11) is 2.06. The number of aryl methyl sites for hydroxylation is 1. The molecule has 10 heteroatoms. The van der Waals surface area contributed by atoms with Crippen LogP contribution in [0.4, 0.5) is 19.1 Å². The largest absolute Gasteiger partial charge is 0.467 e. The quantitative estimate of drug-likeness (QED) is 0.535. The van der Waals surface area contributed by atoms with Crippen LogP contribution in [0.1, 0.15) is 30.9 Å². The molecule has 164 valence electrons. The molecule has 1 aromatic carbocycles. The third-order valence-corrected chi connectivity index (χ3v) is 4.90. The van der Waals surface area contributed by atoms with Gasteiger partial charge in [-0.1, -0.05) is 0 Å². The average molecular weight is 425 g/mol. The minimum Gasteiger partial charge on any atom is -0.467 e. The predicted molar refractivity (Wildman–Crippen MR) is 106 cm³/mol. The number of halogens is 3. The van der Waals surface area contributed by atoms with Crippen molar-refractivity contribution in [2.45, 2.75) is 38.9 Å². The molecule has 0 spiro atoms. The predicted octanol–water partition coefficient (Wildman–Crippen LogP) is 3.74. The standard InChI is InChI=1S/C20H26F3N5O2/c1-4-29-12-30-17-9-14(20(21,22)23)8-13(2)18(17)16-10-24-19(27-26-16)25-15-6-5-7-28(3)11-15/h8-10,15H,4-7,11-12H2,1-3H3,(H,24,25,27). The first-order valence-corrected chi connectivity index (χ1v) is 9.85. The second-order valence-corrected chi connectivity index (χ2v) is 7.33. The number of nitrogens with zero attached hydrogens (tertiary/aromatic N) is 4. The number of rotatable bonds is 7. The van der Waals surface area contributed by atoms with Crippen LogP contribution in [0, 0.1) is 6.92 Å². The average Bonchev–Trinajstić information content (AvgIpc) is 2.68. The maximum atomic E-state index is 13.2. The highest BCUT2D eigenvalue weighted by Crippen LogP contribution is 2.39. The zero-order chi connectivity index (χ0) is 21.7. The fourth-order valence-electron chi connectivity index (χ4n) is 3.47. The van der Waals surface area contributed by atoms with Crippen molar-refractivity contribution < 1.29 is 22.6 Å². The summed E-state index contributed by atoms with van der Waals surface area (Å²) in [5, 5.41) is 11.6. The van der Waals surface area contributed by atoms with Crippen LogP contribution >= 0.6 is 0 Å². The number of aromatic nitrogens is 3. The lowest BCUT2D eigenvalue weighted by molar-refractivity contribution is -0.137. The molecule has 1 aliphatic heterocycles. The van der Waals surface area contributed by atoms with E-state index in [0.29, 0.717) is 29.4 Å². The van der Waals surface area contributed by atoms with Gasteiger partial charge in [0, 0.05) is 24.8 Å². The van der Waals surface area contributed by atoms with Crippen molar-refractivity contribution in [3.8, 4) is 17.0 Å². The fourth-order valence-corrected chi connectivity index (χ4v) is 3.47. The molecule has 0 aliphatic carbocycles. The number of nitrogens with one attached hydrogen (secondary N) is 1. The Morgan fingerprint density at radius 1 is 1.27 bits per heavy atom. The Hall–Kier alpha value is -2.46. The molecule has 7 nitrogen and oxygen atoms in total. The van der Waals surface area contributed by atoms with Crippen molar-refractivity contribution in [1.82, 2.24) is 20.1 Å². The summed E-state index contributed by atoms with van der Waals surface area (Å²) in [5.74, 6) is 0.418. The van der Waals surface area contributed by atoms with Crippen LogP contribution in [-0.4, -0.2) is 59.7 Å². The van der Waals surface area contributed by atoms with Crippen LogP contribution in [0.15, 0.2) is 18.3 Å². The minimum absolute atomic E-state index is 0.0292. The second kappa shape index (κ2) is 9.57. The molecule has 30 heavy (non-hydrogen) atoms. The van der Waals surface area contributed by atoms with E-state index in [2.05, 4.69) is 32.4 Å². The van der Waals surface area contributed by atoms with Gasteiger partial charge in [-0.15, -0.1) is 10.2 Å². The normalized spacial score (nSPS) is 17.7. The first-order chi connectivity index (χ1) is 14.3. The molecule has 1 saturated heterocycles. The van der Waals surface area contributed by atoms with Crippen LogP contribution in [0.3, 0.4) is 0 Å². The summed E-state index contributed by atoms with van der Waals surface area (Å²) in [6.45, 7) is 5.51. The maximum Gasteiger partial charge on any atom is 0.416 e. The molecule has 1 aromatic heterocycles. The summed E-state index contributed by atoms with van der Waals surface area (Å²) in [5.41, 5.74) is 0.309. The van der Waals surface area contributed by atoms with Gasteiger partial charge >= 0.3 is 6.18 Å². The van der Waals surface area contributed by atoms with Gasteiger partial charge in [0.1, 0.15) is 11.4 Å². The Morgan fingerprint density at radius 2 is 2.07 bits per heavy atom. The zero-order valence-electron chi connectivity index (χ0n) is 17.3. The molecule has 0 amide bonds. The van der Waals surface area contributed by atoms with Gasteiger partial charge in [-0.3, -0.25) is 0 Å². The van der Waals surface area contributed by atoms with E-state index in [-0.39, 0.29) is 18.6 Å². The van der Waals surface area contributed by atoms with E-state index in [1.807, 2.05) is 0 Å². The molecule has 1 aliphatic rings. The van der Waals surface area contributed by atoms with E-state index >= 15 is 0 Å². The van der Waals surface area contributed by atoms with E-state index in [1.54, 1.807) is 13.8 Å². The van der Waals surface area contributed by atoms with E-state index < -0.39 is 11.7 Å². The molecule has 1 fully saturated rings. The van der Waals surface area contributed by atoms with Gasteiger partial charge in [0.05, 0.1) is 11.8 Å². The van der Waals surface area contributed by atoms with Crippen molar-refractivity contribution >= 4 is 5.95 Å². The number of likely N-dealkylation sites (N-methyl/N-ethyl adjacent to an activating group) is 1. The summed E-state index contributed by atoms with van der Waals surface area (Å²) < 4.78 is 50.3. The van der Waals surface area contributed by atoms with Crippen molar-refractivity contribution in [2.24, 2.45) is 0 Å². The summed E-state index contributed by atoms with van der Waals surface area (Å²) in [6, 6.07) is 2.25. The van der Waals surface area contributed by atoms with E-state index in [0.717, 1.165) is 38.1 Å². The minimum atomic E-state index is -4.49. The van der Waals surface area contributed by atoms with Gasteiger partial charge in [-0.05, 0) is 58.0 Å². The highest BCUT2D eigenvalue weighted by Gasteiger charge is 2.32. The van der Waals surface area contributed by atoms with Crippen molar-refractivity contribution in [1.29, 1.82) is 0 Å². The Labute approximate surface area is 173 Å². The number of alkyl halides is 3. The summed E-state index contributed by atoms with van der Waals surface area (Å²) in [6.07, 6.45) is -0.892. The van der Waals surface area contributed by atoms with Gasteiger partial charge in [0.25, 0.3) is 0 Å². The van der Waals surface area contributed by atoms with Crippen LogP contribution < -0.4 is 10.1 Å². The Bertz CT molecular complexity index is 846. The highest BCUT2D eigenvalue weighted by molar-refractivity contribution is 5.71. The number of piperidine rings is 1. The zero-order valence-corrected chi connectivity index (χ0v) is 17.3. The molecule has 1 unspecified atom stereocenters. The third-order valence-electron chi connectivity index (χ3n) is 4.90.